The summed E-state index contributed by atoms with van der Waals surface area (Å²) in [5.74, 6) is 0.0419. The van der Waals surface area contributed by atoms with Gasteiger partial charge in [0.25, 0.3) is 0 Å². The number of hydrogen-bond donors (Lipinski definition) is 0. The molecular weight excluding hydrogens is 296 g/mol. The zero-order valence-electron chi connectivity index (χ0n) is 14.7. The highest BCUT2D eigenvalue weighted by Gasteiger charge is 2.26. The average molecular weight is 324 g/mol. The van der Waals surface area contributed by atoms with Crippen molar-refractivity contribution in [1.82, 2.24) is 9.80 Å². The van der Waals surface area contributed by atoms with E-state index in [1.807, 2.05) is 11.9 Å². The molecule has 1 aromatic carbocycles. The summed E-state index contributed by atoms with van der Waals surface area (Å²) in [5, 5.41) is 0. The standard InChI is InChI=1S/C21H28N2O/c1-3-21(24)22(2)20-11-13-23(14-12-20)16-19-10-9-18(19)15-17-7-5-4-6-8-17/h3-8,20H,1,9-16H2,2H3. The molecule has 3 nitrogen and oxygen atoms in total. The molecule has 1 aliphatic heterocycles. The quantitative estimate of drug-likeness (QED) is 0.591. The van der Waals surface area contributed by atoms with Crippen molar-refractivity contribution in [1.29, 1.82) is 0 Å². The molecule has 24 heavy (non-hydrogen) atoms. The van der Waals surface area contributed by atoms with Crippen LogP contribution in [0.25, 0.3) is 0 Å². The van der Waals surface area contributed by atoms with Crippen LogP contribution in [0.2, 0.25) is 0 Å². The molecule has 1 aromatic rings. The van der Waals surface area contributed by atoms with Gasteiger partial charge in [-0.25, -0.2) is 0 Å². The fourth-order valence-corrected chi connectivity index (χ4v) is 3.78. The fraction of sp³-hybridized carbons (Fsp3) is 0.476. The first-order chi connectivity index (χ1) is 11.7. The first-order valence-corrected chi connectivity index (χ1v) is 9.02. The number of hydrogen-bond acceptors (Lipinski definition) is 2. The van der Waals surface area contributed by atoms with E-state index >= 15 is 0 Å². The molecule has 128 valence electrons. The number of rotatable bonds is 6. The predicted octanol–water partition coefficient (Wildman–Crippen LogP) is 3.43. The number of piperidine rings is 1. The minimum Gasteiger partial charge on any atom is -0.339 e. The number of carbonyl (C=O) groups is 1. The van der Waals surface area contributed by atoms with Gasteiger partial charge < -0.3 is 4.90 Å². The highest BCUT2D eigenvalue weighted by molar-refractivity contribution is 5.87. The van der Waals surface area contributed by atoms with E-state index in [2.05, 4.69) is 41.8 Å². The SMILES string of the molecule is C=CC(=O)N(C)C1CCN(CC2=C(Cc3ccccc3)CC2)CC1. The van der Waals surface area contributed by atoms with Crippen molar-refractivity contribution < 1.29 is 4.79 Å². The smallest absolute Gasteiger partial charge is 0.245 e. The van der Waals surface area contributed by atoms with Crippen molar-refractivity contribution >= 4 is 5.91 Å². The van der Waals surface area contributed by atoms with Gasteiger partial charge in [0.2, 0.25) is 5.91 Å². The van der Waals surface area contributed by atoms with E-state index in [9.17, 15) is 4.79 Å². The van der Waals surface area contributed by atoms with Crippen LogP contribution in [0.4, 0.5) is 0 Å². The van der Waals surface area contributed by atoms with Gasteiger partial charge in [0.05, 0.1) is 0 Å². The Kier molecular flexibility index (Phi) is 5.52. The molecule has 0 saturated carbocycles. The second kappa shape index (κ2) is 7.80. The molecule has 3 heteroatoms. The van der Waals surface area contributed by atoms with E-state index in [0.29, 0.717) is 6.04 Å². The molecule has 0 N–H and O–H groups in total. The van der Waals surface area contributed by atoms with Crippen LogP contribution in [0.1, 0.15) is 31.2 Å². The number of nitrogens with zero attached hydrogens (tertiary/aromatic N) is 2. The van der Waals surface area contributed by atoms with Gasteiger partial charge in [0.1, 0.15) is 0 Å². The second-order valence-electron chi connectivity index (χ2n) is 7.03. The number of likely N-dealkylation sites (tertiary alicyclic amines) is 1. The summed E-state index contributed by atoms with van der Waals surface area (Å²) in [4.78, 5) is 16.1. The van der Waals surface area contributed by atoms with Crippen molar-refractivity contribution in [2.24, 2.45) is 0 Å². The van der Waals surface area contributed by atoms with Crippen LogP contribution in [-0.2, 0) is 11.2 Å². The number of likely N-dealkylation sites (N-methyl/N-ethyl adjacent to an activating group) is 1. The summed E-state index contributed by atoms with van der Waals surface area (Å²) < 4.78 is 0. The minimum atomic E-state index is 0.0419. The minimum absolute atomic E-state index is 0.0419. The summed E-state index contributed by atoms with van der Waals surface area (Å²) in [6.07, 6.45) is 7.19. The van der Waals surface area contributed by atoms with Gasteiger partial charge in [-0.1, -0.05) is 48.1 Å². The Morgan fingerprint density at radius 1 is 1.21 bits per heavy atom. The maximum Gasteiger partial charge on any atom is 0.245 e. The molecule has 0 unspecified atom stereocenters. The third kappa shape index (κ3) is 3.96. The third-order valence-electron chi connectivity index (χ3n) is 5.53. The number of amides is 1. The Balaban J connectivity index is 1.50. The van der Waals surface area contributed by atoms with Gasteiger partial charge in [-0.15, -0.1) is 0 Å². The van der Waals surface area contributed by atoms with E-state index in [-0.39, 0.29) is 5.91 Å². The van der Waals surface area contributed by atoms with Crippen LogP contribution in [0.5, 0.6) is 0 Å². The first kappa shape index (κ1) is 17.0. The van der Waals surface area contributed by atoms with Crippen LogP contribution in [0.3, 0.4) is 0 Å². The number of benzene rings is 1. The topological polar surface area (TPSA) is 23.6 Å². The highest BCUT2D eigenvalue weighted by atomic mass is 16.2. The molecule has 1 amide bonds. The second-order valence-corrected chi connectivity index (χ2v) is 7.03. The largest absolute Gasteiger partial charge is 0.339 e. The Bertz CT molecular complexity index is 612. The molecule has 1 aliphatic carbocycles. The van der Waals surface area contributed by atoms with Crippen molar-refractivity contribution in [2.75, 3.05) is 26.7 Å². The van der Waals surface area contributed by atoms with Gasteiger partial charge >= 0.3 is 0 Å². The van der Waals surface area contributed by atoms with Crippen LogP contribution in [-0.4, -0.2) is 48.4 Å². The molecule has 0 atom stereocenters. The summed E-state index contributed by atoms with van der Waals surface area (Å²) in [5.41, 5.74) is 4.71. The van der Waals surface area contributed by atoms with E-state index in [4.69, 9.17) is 0 Å². The maximum atomic E-state index is 11.7. The van der Waals surface area contributed by atoms with Gasteiger partial charge in [-0.05, 0) is 43.7 Å². The average Bonchev–Trinajstić information content (AvgIpc) is 2.63. The van der Waals surface area contributed by atoms with E-state index < -0.39 is 0 Å². The van der Waals surface area contributed by atoms with Crippen LogP contribution in [0, 0.1) is 0 Å². The molecule has 2 aliphatic rings. The van der Waals surface area contributed by atoms with Gasteiger partial charge in [0, 0.05) is 32.7 Å². The lowest BCUT2D eigenvalue weighted by Crippen LogP contribution is -2.45. The molecule has 1 heterocycles. The Morgan fingerprint density at radius 3 is 2.46 bits per heavy atom. The molecule has 1 saturated heterocycles. The van der Waals surface area contributed by atoms with Gasteiger partial charge in [-0.3, -0.25) is 9.69 Å². The normalized spacial score (nSPS) is 19.0. The van der Waals surface area contributed by atoms with E-state index in [1.54, 1.807) is 11.1 Å². The van der Waals surface area contributed by atoms with Crippen molar-refractivity contribution in [3.8, 4) is 0 Å². The lowest BCUT2D eigenvalue weighted by Gasteiger charge is -2.38. The summed E-state index contributed by atoms with van der Waals surface area (Å²) in [6.45, 7) is 6.87. The first-order valence-electron chi connectivity index (χ1n) is 9.02. The molecule has 3 rings (SSSR count). The molecular formula is C21H28N2O. The summed E-state index contributed by atoms with van der Waals surface area (Å²) in [7, 11) is 1.90. The van der Waals surface area contributed by atoms with Crippen molar-refractivity contribution in [3.05, 3.63) is 59.7 Å². The molecule has 0 spiro atoms. The molecule has 1 fully saturated rings. The summed E-state index contributed by atoms with van der Waals surface area (Å²) >= 11 is 0. The van der Waals surface area contributed by atoms with Crippen LogP contribution >= 0.6 is 0 Å². The fourth-order valence-electron chi connectivity index (χ4n) is 3.78. The lowest BCUT2D eigenvalue weighted by molar-refractivity contribution is -0.127. The molecule has 0 radical (unpaired) electrons. The Hall–Kier alpha value is -1.87. The van der Waals surface area contributed by atoms with Gasteiger partial charge in [0.15, 0.2) is 0 Å². The number of carbonyl (C=O) groups excluding carboxylic acids is 1. The third-order valence-corrected chi connectivity index (χ3v) is 5.53. The van der Waals surface area contributed by atoms with Crippen molar-refractivity contribution in [2.45, 2.75) is 38.1 Å². The highest BCUT2D eigenvalue weighted by Crippen LogP contribution is 2.32. The Morgan fingerprint density at radius 2 is 1.88 bits per heavy atom. The van der Waals surface area contributed by atoms with Crippen LogP contribution in [0.15, 0.2) is 54.1 Å². The number of allylic oxidation sites excluding steroid dienone is 1. The molecule has 0 bridgehead atoms. The van der Waals surface area contributed by atoms with E-state index in [1.165, 1.54) is 24.5 Å². The van der Waals surface area contributed by atoms with Crippen LogP contribution < -0.4 is 0 Å². The summed E-state index contributed by atoms with van der Waals surface area (Å²) in [6, 6.07) is 11.1. The maximum absolute atomic E-state index is 11.7. The predicted molar refractivity (Wildman–Crippen MR) is 98.8 cm³/mol. The van der Waals surface area contributed by atoms with E-state index in [0.717, 1.165) is 38.9 Å². The zero-order chi connectivity index (χ0) is 16.9. The van der Waals surface area contributed by atoms with Gasteiger partial charge in [-0.2, -0.15) is 0 Å². The zero-order valence-corrected chi connectivity index (χ0v) is 14.7. The monoisotopic (exact) mass is 324 g/mol. The van der Waals surface area contributed by atoms with Crippen molar-refractivity contribution in [3.63, 3.8) is 0 Å². The molecule has 0 aromatic heterocycles. The lowest BCUT2D eigenvalue weighted by atomic mass is 9.84. The Labute approximate surface area is 145 Å².